The van der Waals surface area contributed by atoms with Crippen molar-refractivity contribution in [3.8, 4) is 6.07 Å². The first-order valence-corrected chi connectivity index (χ1v) is 5.58. The lowest BCUT2D eigenvalue weighted by atomic mass is 10.4. The first-order valence-electron chi connectivity index (χ1n) is 4.76. The second-order valence-corrected chi connectivity index (χ2v) is 4.24. The molecule has 1 heterocycles. The van der Waals surface area contributed by atoms with E-state index in [0.29, 0.717) is 5.03 Å². The van der Waals surface area contributed by atoms with Crippen LogP contribution >= 0.6 is 11.8 Å². The smallest absolute Gasteiger partial charge is 0.175 e. The molecular formula is C11H9N5S. The van der Waals surface area contributed by atoms with Crippen molar-refractivity contribution >= 4 is 23.4 Å². The molecule has 0 saturated carbocycles. The zero-order chi connectivity index (χ0) is 12.3. The molecule has 0 aliphatic carbocycles. The van der Waals surface area contributed by atoms with E-state index in [1.807, 2.05) is 36.4 Å². The van der Waals surface area contributed by atoms with Gasteiger partial charge in [0.1, 0.15) is 11.1 Å². The van der Waals surface area contributed by atoms with E-state index in [4.69, 9.17) is 16.7 Å². The molecule has 0 unspecified atom stereocenters. The number of anilines is 2. The molecule has 2 rings (SSSR count). The Hall–Kier alpha value is -2.26. The summed E-state index contributed by atoms with van der Waals surface area (Å²) < 4.78 is 0. The number of aromatic nitrogens is 2. The van der Waals surface area contributed by atoms with Gasteiger partial charge in [-0.3, -0.25) is 0 Å². The molecule has 0 aliphatic heterocycles. The minimum atomic E-state index is 0.0824. The van der Waals surface area contributed by atoms with Gasteiger partial charge < -0.3 is 11.5 Å². The van der Waals surface area contributed by atoms with E-state index < -0.39 is 0 Å². The molecule has 0 atom stereocenters. The first-order chi connectivity index (χ1) is 8.20. The zero-order valence-corrected chi connectivity index (χ0v) is 9.61. The number of benzene rings is 1. The Kier molecular flexibility index (Phi) is 3.12. The van der Waals surface area contributed by atoms with Crippen LogP contribution in [-0.2, 0) is 0 Å². The van der Waals surface area contributed by atoms with Gasteiger partial charge in [0, 0.05) is 4.90 Å². The van der Waals surface area contributed by atoms with Crippen molar-refractivity contribution in [3.05, 3.63) is 36.0 Å². The van der Waals surface area contributed by atoms with Gasteiger partial charge in [0.25, 0.3) is 0 Å². The fourth-order valence-electron chi connectivity index (χ4n) is 1.19. The first kappa shape index (κ1) is 11.2. The summed E-state index contributed by atoms with van der Waals surface area (Å²) in [5.41, 5.74) is 11.3. The Morgan fingerprint density at radius 3 is 2.35 bits per heavy atom. The van der Waals surface area contributed by atoms with Crippen molar-refractivity contribution in [1.82, 2.24) is 9.97 Å². The highest BCUT2D eigenvalue weighted by atomic mass is 32.2. The van der Waals surface area contributed by atoms with Gasteiger partial charge in [-0.2, -0.15) is 5.26 Å². The molecule has 1 aromatic carbocycles. The van der Waals surface area contributed by atoms with Crippen LogP contribution in [0.25, 0.3) is 0 Å². The fraction of sp³-hybridized carbons (Fsp3) is 0. The molecule has 0 aliphatic rings. The molecule has 6 heteroatoms. The largest absolute Gasteiger partial charge is 0.381 e. The highest BCUT2D eigenvalue weighted by Crippen LogP contribution is 2.29. The van der Waals surface area contributed by atoms with Crippen LogP contribution in [0.15, 0.2) is 40.3 Å². The van der Waals surface area contributed by atoms with Gasteiger partial charge in [-0.15, -0.1) is 0 Å². The summed E-state index contributed by atoms with van der Waals surface area (Å²) in [7, 11) is 0. The maximum atomic E-state index is 8.95. The monoisotopic (exact) mass is 243 g/mol. The van der Waals surface area contributed by atoms with E-state index in [9.17, 15) is 0 Å². The van der Waals surface area contributed by atoms with Gasteiger partial charge in [0.2, 0.25) is 0 Å². The van der Waals surface area contributed by atoms with Gasteiger partial charge in [-0.25, -0.2) is 9.97 Å². The molecule has 0 fully saturated rings. The van der Waals surface area contributed by atoms with E-state index in [2.05, 4.69) is 9.97 Å². The van der Waals surface area contributed by atoms with Crippen LogP contribution < -0.4 is 11.5 Å². The molecule has 5 nitrogen and oxygen atoms in total. The lowest BCUT2D eigenvalue weighted by Gasteiger charge is -2.05. The topological polar surface area (TPSA) is 102 Å². The fourth-order valence-corrected chi connectivity index (χ4v) is 2.04. The third-order valence-corrected chi connectivity index (χ3v) is 2.97. The molecule has 0 spiro atoms. The van der Waals surface area contributed by atoms with Crippen LogP contribution in [0.4, 0.5) is 11.6 Å². The third-order valence-electron chi connectivity index (χ3n) is 1.98. The minimum absolute atomic E-state index is 0.0824. The van der Waals surface area contributed by atoms with Crippen molar-refractivity contribution in [1.29, 1.82) is 5.26 Å². The summed E-state index contributed by atoms with van der Waals surface area (Å²) in [5.74, 6) is 0.224. The molecule has 1 aromatic heterocycles. The average Bonchev–Trinajstić information content (AvgIpc) is 2.35. The van der Waals surface area contributed by atoms with Crippen LogP contribution in [0.3, 0.4) is 0 Å². The van der Waals surface area contributed by atoms with Crippen LogP contribution in [0.2, 0.25) is 0 Å². The molecule has 0 amide bonds. The summed E-state index contributed by atoms with van der Waals surface area (Å²) in [6, 6.07) is 11.5. The molecule has 84 valence electrons. The highest BCUT2D eigenvalue weighted by molar-refractivity contribution is 7.99. The number of nitrogens with two attached hydrogens (primary N) is 2. The quantitative estimate of drug-likeness (QED) is 0.831. The van der Waals surface area contributed by atoms with E-state index in [1.54, 1.807) is 0 Å². The zero-order valence-electron chi connectivity index (χ0n) is 8.79. The van der Waals surface area contributed by atoms with Crippen molar-refractivity contribution in [2.24, 2.45) is 0 Å². The van der Waals surface area contributed by atoms with Gasteiger partial charge in [0.05, 0.1) is 0 Å². The Balaban J connectivity index is 2.40. The van der Waals surface area contributed by atoms with Crippen molar-refractivity contribution in [2.75, 3.05) is 11.5 Å². The number of nitrogens with zero attached hydrogens (tertiary/aromatic N) is 3. The van der Waals surface area contributed by atoms with Gasteiger partial charge >= 0.3 is 0 Å². The summed E-state index contributed by atoms with van der Waals surface area (Å²) in [6.45, 7) is 0. The molecule has 0 bridgehead atoms. The molecule has 2 aromatic rings. The third kappa shape index (κ3) is 2.46. The second kappa shape index (κ2) is 4.72. The van der Waals surface area contributed by atoms with Crippen molar-refractivity contribution in [2.45, 2.75) is 9.92 Å². The van der Waals surface area contributed by atoms with Crippen LogP contribution in [0, 0.1) is 11.3 Å². The minimum Gasteiger partial charge on any atom is -0.381 e. The van der Waals surface area contributed by atoms with Gasteiger partial charge in [-0.1, -0.05) is 30.0 Å². The van der Waals surface area contributed by atoms with Crippen LogP contribution in [0.5, 0.6) is 0 Å². The predicted molar refractivity (Wildman–Crippen MR) is 66.1 cm³/mol. The van der Waals surface area contributed by atoms with E-state index in [0.717, 1.165) is 4.90 Å². The summed E-state index contributed by atoms with van der Waals surface area (Å²) in [4.78, 5) is 8.93. The Morgan fingerprint density at radius 2 is 1.71 bits per heavy atom. The number of hydrogen-bond donors (Lipinski definition) is 2. The van der Waals surface area contributed by atoms with Gasteiger partial charge in [0.15, 0.2) is 17.3 Å². The number of rotatable bonds is 2. The average molecular weight is 243 g/mol. The Labute approximate surface area is 102 Å². The van der Waals surface area contributed by atoms with Gasteiger partial charge in [-0.05, 0) is 12.1 Å². The number of hydrogen-bond acceptors (Lipinski definition) is 6. The molecule has 17 heavy (non-hydrogen) atoms. The molecule has 0 radical (unpaired) electrons. The lowest BCUT2D eigenvalue weighted by molar-refractivity contribution is 1.04. The predicted octanol–water partition coefficient (Wildman–Crippen LogP) is 1.66. The molecule has 4 N–H and O–H groups in total. The summed E-state index contributed by atoms with van der Waals surface area (Å²) in [5, 5.41) is 9.41. The van der Waals surface area contributed by atoms with Crippen molar-refractivity contribution < 1.29 is 0 Å². The van der Waals surface area contributed by atoms with E-state index >= 15 is 0 Å². The Bertz CT molecular complexity index is 576. The maximum absolute atomic E-state index is 8.95. The Morgan fingerprint density at radius 1 is 1.06 bits per heavy atom. The van der Waals surface area contributed by atoms with Crippen LogP contribution in [0.1, 0.15) is 5.69 Å². The highest BCUT2D eigenvalue weighted by Gasteiger charge is 2.10. The summed E-state index contributed by atoms with van der Waals surface area (Å²) >= 11 is 1.33. The number of nitriles is 1. The summed E-state index contributed by atoms with van der Waals surface area (Å²) in [6.07, 6.45) is 0. The lowest BCUT2D eigenvalue weighted by Crippen LogP contribution is -2.04. The number of nitrogen functional groups attached to an aromatic ring is 2. The standard InChI is InChI=1S/C11H9N5S/c12-6-8-11(16-10(14)9(13)15-8)17-7-4-2-1-3-5-7/h1-5H,(H2,13,15)(H2,14,16). The molecular weight excluding hydrogens is 234 g/mol. The van der Waals surface area contributed by atoms with Crippen molar-refractivity contribution in [3.63, 3.8) is 0 Å². The van der Waals surface area contributed by atoms with Crippen LogP contribution in [-0.4, -0.2) is 9.97 Å². The van der Waals surface area contributed by atoms with E-state index in [1.165, 1.54) is 11.8 Å². The normalized spacial score (nSPS) is 9.82. The second-order valence-electron chi connectivity index (χ2n) is 3.17. The van der Waals surface area contributed by atoms with E-state index in [-0.39, 0.29) is 17.3 Å². The maximum Gasteiger partial charge on any atom is 0.175 e. The SMILES string of the molecule is N#Cc1nc(N)c(N)nc1Sc1ccccc1. The molecule has 0 saturated heterocycles.